The van der Waals surface area contributed by atoms with Crippen LogP contribution >= 0.6 is 11.8 Å². The molecule has 0 aromatic carbocycles. The quantitative estimate of drug-likeness (QED) is 0.647. The molecule has 1 aliphatic heterocycles. The fourth-order valence-corrected chi connectivity index (χ4v) is 2.55. The number of hydrogen-bond acceptors (Lipinski definition) is 4. The fraction of sp³-hybridized carbons (Fsp3) is 0.750. The minimum Gasteiger partial charge on any atom is -0.480 e. The average molecular weight is 303 g/mol. The van der Waals surface area contributed by atoms with Gasteiger partial charge in [0.05, 0.1) is 0 Å². The molecule has 114 valence electrons. The van der Waals surface area contributed by atoms with Gasteiger partial charge in [-0.2, -0.15) is 11.8 Å². The van der Waals surface area contributed by atoms with Gasteiger partial charge in [0.15, 0.2) is 0 Å². The van der Waals surface area contributed by atoms with Crippen LogP contribution in [-0.4, -0.2) is 65.1 Å². The molecule has 8 heteroatoms. The van der Waals surface area contributed by atoms with Crippen LogP contribution in [0, 0.1) is 0 Å². The Hall–Kier alpha value is -1.44. The molecular formula is C12H21N3O4S. The van der Waals surface area contributed by atoms with Crippen LogP contribution in [-0.2, 0) is 9.59 Å². The van der Waals surface area contributed by atoms with Crippen molar-refractivity contribution in [2.45, 2.75) is 31.8 Å². The molecule has 3 amide bonds. The summed E-state index contributed by atoms with van der Waals surface area (Å²) < 4.78 is 0. The molecule has 0 bridgehead atoms. The number of urea groups is 1. The number of nitrogens with zero attached hydrogens (tertiary/aromatic N) is 1. The Morgan fingerprint density at radius 1 is 1.45 bits per heavy atom. The van der Waals surface area contributed by atoms with E-state index in [0.717, 1.165) is 0 Å². The van der Waals surface area contributed by atoms with Gasteiger partial charge in [-0.1, -0.05) is 0 Å². The summed E-state index contributed by atoms with van der Waals surface area (Å²) in [6, 6.07) is -1.30. The molecule has 1 rings (SSSR count). The summed E-state index contributed by atoms with van der Waals surface area (Å²) in [4.78, 5) is 35.5. The number of nitrogens with one attached hydrogen (secondary N) is 2. The van der Waals surface area contributed by atoms with E-state index in [2.05, 4.69) is 10.6 Å². The topological polar surface area (TPSA) is 98.7 Å². The van der Waals surface area contributed by atoms with E-state index >= 15 is 0 Å². The van der Waals surface area contributed by atoms with Gasteiger partial charge in [-0.3, -0.25) is 4.79 Å². The van der Waals surface area contributed by atoms with Crippen LogP contribution in [0.15, 0.2) is 0 Å². The smallest absolute Gasteiger partial charge is 0.326 e. The largest absolute Gasteiger partial charge is 0.480 e. The van der Waals surface area contributed by atoms with E-state index in [9.17, 15) is 14.4 Å². The number of amides is 3. The number of rotatable bonds is 6. The summed E-state index contributed by atoms with van der Waals surface area (Å²) in [5.41, 5.74) is 0. The zero-order valence-corrected chi connectivity index (χ0v) is 12.5. The summed E-state index contributed by atoms with van der Waals surface area (Å²) in [7, 11) is 0. The lowest BCUT2D eigenvalue weighted by Crippen LogP contribution is -2.48. The first kappa shape index (κ1) is 16.6. The molecule has 0 spiro atoms. The zero-order chi connectivity index (χ0) is 15.1. The molecule has 1 unspecified atom stereocenters. The third-order valence-corrected chi connectivity index (χ3v) is 3.73. The minimum atomic E-state index is -1.02. The maximum Gasteiger partial charge on any atom is 0.326 e. The van der Waals surface area contributed by atoms with Gasteiger partial charge in [-0.05, 0) is 24.9 Å². The molecule has 2 atom stereocenters. The van der Waals surface area contributed by atoms with Crippen molar-refractivity contribution >= 4 is 29.7 Å². The maximum atomic E-state index is 12.0. The van der Waals surface area contributed by atoms with Gasteiger partial charge < -0.3 is 20.6 Å². The molecule has 3 N–H and O–H groups in total. The summed E-state index contributed by atoms with van der Waals surface area (Å²) in [6.45, 7) is 2.37. The SMILES string of the molecule is CSCC[C@@H](NC(=O)N1CCC(NC(C)=O)C1)C(=O)O. The van der Waals surface area contributed by atoms with Crippen molar-refractivity contribution in [3.05, 3.63) is 0 Å². The van der Waals surface area contributed by atoms with Gasteiger partial charge in [0.25, 0.3) is 0 Å². The van der Waals surface area contributed by atoms with E-state index in [1.165, 1.54) is 23.6 Å². The number of thioether (sulfide) groups is 1. The molecule has 0 aromatic heterocycles. The predicted molar refractivity (Wildman–Crippen MR) is 76.7 cm³/mol. The van der Waals surface area contributed by atoms with E-state index in [-0.39, 0.29) is 18.0 Å². The van der Waals surface area contributed by atoms with Crippen molar-refractivity contribution in [2.24, 2.45) is 0 Å². The Morgan fingerprint density at radius 3 is 2.70 bits per heavy atom. The van der Waals surface area contributed by atoms with E-state index in [1.807, 2.05) is 6.26 Å². The van der Waals surface area contributed by atoms with Crippen LogP contribution in [0.3, 0.4) is 0 Å². The lowest BCUT2D eigenvalue weighted by molar-refractivity contribution is -0.139. The Balaban J connectivity index is 2.45. The Bertz CT molecular complexity index is 378. The number of carbonyl (C=O) groups is 3. The standard InChI is InChI=1S/C12H21N3O4S/c1-8(16)13-9-3-5-15(7-9)12(19)14-10(11(17)18)4-6-20-2/h9-10H,3-7H2,1-2H3,(H,13,16)(H,14,19)(H,17,18)/t9?,10-/m1/s1. The summed E-state index contributed by atoms with van der Waals surface area (Å²) in [6.07, 6.45) is 2.97. The predicted octanol–water partition coefficient (Wildman–Crippen LogP) is 0.113. The van der Waals surface area contributed by atoms with Crippen molar-refractivity contribution in [3.8, 4) is 0 Å². The third-order valence-electron chi connectivity index (χ3n) is 3.09. The Kier molecular flexibility index (Phi) is 6.63. The lowest BCUT2D eigenvalue weighted by atomic mass is 10.2. The summed E-state index contributed by atoms with van der Waals surface area (Å²) in [5.74, 6) is -0.475. The van der Waals surface area contributed by atoms with Crippen molar-refractivity contribution in [2.75, 3.05) is 25.1 Å². The molecule has 1 aliphatic rings. The van der Waals surface area contributed by atoms with Gasteiger partial charge in [-0.15, -0.1) is 0 Å². The highest BCUT2D eigenvalue weighted by Gasteiger charge is 2.29. The van der Waals surface area contributed by atoms with Crippen LogP contribution in [0.1, 0.15) is 19.8 Å². The normalized spacial score (nSPS) is 19.5. The molecule has 1 heterocycles. The average Bonchev–Trinajstić information content (AvgIpc) is 2.81. The molecule has 1 saturated heterocycles. The summed E-state index contributed by atoms with van der Waals surface area (Å²) >= 11 is 1.54. The van der Waals surface area contributed by atoms with Crippen LogP contribution < -0.4 is 10.6 Å². The van der Waals surface area contributed by atoms with E-state index in [1.54, 1.807) is 0 Å². The second kappa shape index (κ2) is 7.98. The van der Waals surface area contributed by atoms with Gasteiger partial charge in [0, 0.05) is 26.1 Å². The highest BCUT2D eigenvalue weighted by Crippen LogP contribution is 2.10. The Labute approximate surface area is 122 Å². The van der Waals surface area contributed by atoms with Crippen molar-refractivity contribution in [1.29, 1.82) is 0 Å². The van der Waals surface area contributed by atoms with Gasteiger partial charge >= 0.3 is 12.0 Å². The van der Waals surface area contributed by atoms with Crippen molar-refractivity contribution < 1.29 is 19.5 Å². The minimum absolute atomic E-state index is 0.0484. The first-order valence-electron chi connectivity index (χ1n) is 6.48. The lowest BCUT2D eigenvalue weighted by Gasteiger charge is -2.21. The Morgan fingerprint density at radius 2 is 2.15 bits per heavy atom. The first-order valence-corrected chi connectivity index (χ1v) is 7.87. The van der Waals surface area contributed by atoms with Crippen LogP contribution in [0.25, 0.3) is 0 Å². The van der Waals surface area contributed by atoms with Crippen LogP contribution in [0.5, 0.6) is 0 Å². The number of carboxylic acids is 1. The number of likely N-dealkylation sites (tertiary alicyclic amines) is 1. The number of hydrogen-bond donors (Lipinski definition) is 3. The maximum absolute atomic E-state index is 12.0. The molecule has 0 radical (unpaired) electrons. The van der Waals surface area contributed by atoms with Crippen LogP contribution in [0.2, 0.25) is 0 Å². The monoisotopic (exact) mass is 303 g/mol. The van der Waals surface area contributed by atoms with Crippen molar-refractivity contribution in [1.82, 2.24) is 15.5 Å². The molecular weight excluding hydrogens is 282 g/mol. The highest BCUT2D eigenvalue weighted by atomic mass is 32.2. The van der Waals surface area contributed by atoms with E-state index < -0.39 is 12.0 Å². The highest BCUT2D eigenvalue weighted by molar-refractivity contribution is 7.98. The molecule has 0 aliphatic carbocycles. The van der Waals surface area contributed by atoms with Crippen molar-refractivity contribution in [3.63, 3.8) is 0 Å². The second-order valence-electron chi connectivity index (χ2n) is 4.75. The molecule has 7 nitrogen and oxygen atoms in total. The summed E-state index contributed by atoms with van der Waals surface area (Å²) in [5, 5.41) is 14.3. The fourth-order valence-electron chi connectivity index (χ4n) is 2.08. The van der Waals surface area contributed by atoms with E-state index in [4.69, 9.17) is 5.11 Å². The number of carbonyl (C=O) groups excluding carboxylic acids is 2. The molecule has 1 fully saturated rings. The van der Waals surface area contributed by atoms with Gasteiger partial charge in [0.2, 0.25) is 5.91 Å². The van der Waals surface area contributed by atoms with E-state index in [0.29, 0.717) is 31.7 Å². The molecule has 0 saturated carbocycles. The number of aliphatic carboxylic acids is 1. The second-order valence-corrected chi connectivity index (χ2v) is 5.74. The number of carboxylic acid groups (broad SMARTS) is 1. The molecule has 0 aromatic rings. The van der Waals surface area contributed by atoms with Gasteiger partial charge in [0.1, 0.15) is 6.04 Å². The van der Waals surface area contributed by atoms with Crippen LogP contribution in [0.4, 0.5) is 4.79 Å². The zero-order valence-electron chi connectivity index (χ0n) is 11.7. The van der Waals surface area contributed by atoms with Gasteiger partial charge in [-0.25, -0.2) is 9.59 Å². The third kappa shape index (κ3) is 5.28. The first-order chi connectivity index (χ1) is 9.43. The molecule has 20 heavy (non-hydrogen) atoms.